The topological polar surface area (TPSA) is 84.3 Å². The van der Waals surface area contributed by atoms with Gasteiger partial charge in [-0.2, -0.15) is 10.2 Å². The Labute approximate surface area is 121 Å². The van der Waals surface area contributed by atoms with Gasteiger partial charge in [0.1, 0.15) is 12.1 Å². The highest BCUT2D eigenvalue weighted by molar-refractivity contribution is 5.85. The zero-order chi connectivity index (χ0) is 14.2. The first-order valence-corrected chi connectivity index (χ1v) is 7.21. The predicted octanol–water partition coefficient (Wildman–Crippen LogP) is 1.97. The summed E-state index contributed by atoms with van der Waals surface area (Å²) in [5.74, 6) is 1.48. The number of fused-ring (bicyclic) bond motifs is 1. The molecule has 108 valence electrons. The third kappa shape index (κ3) is 2.05. The van der Waals surface area contributed by atoms with E-state index in [0.29, 0.717) is 12.5 Å². The Kier molecular flexibility index (Phi) is 2.83. The van der Waals surface area contributed by atoms with Crippen LogP contribution < -0.4 is 5.32 Å². The molecular formula is C14H17N7. The molecule has 2 N–H and O–H groups in total. The van der Waals surface area contributed by atoms with E-state index in [1.54, 1.807) is 12.5 Å². The fourth-order valence-corrected chi connectivity index (χ4v) is 2.83. The zero-order valence-electron chi connectivity index (χ0n) is 11.9. The minimum Gasteiger partial charge on any atom is -0.364 e. The number of hydrogen-bond acceptors (Lipinski definition) is 5. The molecule has 1 saturated carbocycles. The lowest BCUT2D eigenvalue weighted by atomic mass is 9.80. The Morgan fingerprint density at radius 1 is 1.33 bits per heavy atom. The van der Waals surface area contributed by atoms with Gasteiger partial charge in [-0.25, -0.2) is 9.97 Å². The predicted molar refractivity (Wildman–Crippen MR) is 78.8 cm³/mol. The van der Waals surface area contributed by atoms with Crippen molar-refractivity contribution in [3.8, 4) is 0 Å². The molecule has 0 aromatic carbocycles. The Morgan fingerprint density at radius 2 is 2.24 bits per heavy atom. The van der Waals surface area contributed by atoms with Crippen LogP contribution in [0, 0.1) is 0 Å². The third-order valence-corrected chi connectivity index (χ3v) is 4.31. The lowest BCUT2D eigenvalue weighted by Crippen LogP contribution is -2.14. The minimum atomic E-state index is 0.676. The Bertz CT molecular complexity index is 769. The van der Waals surface area contributed by atoms with Gasteiger partial charge in [0.15, 0.2) is 5.65 Å². The number of aromatic nitrogens is 6. The summed E-state index contributed by atoms with van der Waals surface area (Å²) >= 11 is 0. The van der Waals surface area contributed by atoms with Crippen molar-refractivity contribution in [3.05, 3.63) is 30.0 Å². The van der Waals surface area contributed by atoms with Gasteiger partial charge >= 0.3 is 0 Å². The standard InChI is InChI=1S/C14H17N7/c1-21-12(10(6-19-21)9-3-2-4-9)7-15-13-11-5-18-20-14(11)17-8-16-13/h5-6,8-9H,2-4,7H2,1H3,(H2,15,16,17,18,20). The number of H-pyrrole nitrogens is 1. The van der Waals surface area contributed by atoms with E-state index >= 15 is 0 Å². The Hall–Kier alpha value is -2.44. The number of nitrogens with zero attached hydrogens (tertiary/aromatic N) is 5. The van der Waals surface area contributed by atoms with Crippen LogP contribution in [0.4, 0.5) is 5.82 Å². The largest absolute Gasteiger partial charge is 0.364 e. The van der Waals surface area contributed by atoms with E-state index in [1.807, 2.05) is 17.9 Å². The van der Waals surface area contributed by atoms with Crippen molar-refractivity contribution in [2.24, 2.45) is 7.05 Å². The lowest BCUT2D eigenvalue weighted by Gasteiger charge is -2.25. The lowest BCUT2D eigenvalue weighted by molar-refractivity contribution is 0.417. The first-order valence-electron chi connectivity index (χ1n) is 7.21. The first kappa shape index (κ1) is 12.3. The van der Waals surface area contributed by atoms with Crippen LogP contribution in [0.15, 0.2) is 18.7 Å². The van der Waals surface area contributed by atoms with Gasteiger partial charge in [-0.05, 0) is 24.3 Å². The van der Waals surface area contributed by atoms with Crippen molar-refractivity contribution >= 4 is 16.9 Å². The highest BCUT2D eigenvalue weighted by Gasteiger charge is 2.24. The van der Waals surface area contributed by atoms with Crippen molar-refractivity contribution in [1.29, 1.82) is 0 Å². The van der Waals surface area contributed by atoms with Gasteiger partial charge < -0.3 is 5.32 Å². The molecule has 3 aromatic heterocycles. The molecule has 3 heterocycles. The van der Waals surface area contributed by atoms with Crippen LogP contribution in [-0.4, -0.2) is 29.9 Å². The summed E-state index contributed by atoms with van der Waals surface area (Å²) in [6, 6.07) is 0. The Morgan fingerprint density at radius 3 is 3.05 bits per heavy atom. The number of nitrogens with one attached hydrogen (secondary N) is 2. The van der Waals surface area contributed by atoms with Crippen LogP contribution in [0.5, 0.6) is 0 Å². The normalized spacial score (nSPS) is 15.3. The SMILES string of the molecule is Cn1ncc(C2CCC2)c1CNc1ncnc2[nH]ncc12. The van der Waals surface area contributed by atoms with E-state index in [1.165, 1.54) is 30.5 Å². The van der Waals surface area contributed by atoms with Gasteiger partial charge in [0, 0.05) is 7.05 Å². The fraction of sp³-hybridized carbons (Fsp3) is 0.429. The molecule has 7 heteroatoms. The monoisotopic (exact) mass is 283 g/mol. The summed E-state index contributed by atoms with van der Waals surface area (Å²) in [6.45, 7) is 0.708. The van der Waals surface area contributed by atoms with Gasteiger partial charge in [-0.15, -0.1) is 0 Å². The van der Waals surface area contributed by atoms with Crippen LogP contribution in [0.1, 0.15) is 36.4 Å². The average Bonchev–Trinajstić information content (AvgIpc) is 3.03. The summed E-state index contributed by atoms with van der Waals surface area (Å²) < 4.78 is 1.95. The molecule has 1 fully saturated rings. The molecule has 0 bridgehead atoms. The number of anilines is 1. The summed E-state index contributed by atoms with van der Waals surface area (Å²) in [4.78, 5) is 8.45. The quantitative estimate of drug-likeness (QED) is 0.764. The second-order valence-corrected chi connectivity index (χ2v) is 5.51. The van der Waals surface area contributed by atoms with Gasteiger partial charge in [-0.1, -0.05) is 6.42 Å². The second kappa shape index (κ2) is 4.83. The second-order valence-electron chi connectivity index (χ2n) is 5.51. The van der Waals surface area contributed by atoms with E-state index in [9.17, 15) is 0 Å². The molecule has 0 saturated heterocycles. The minimum absolute atomic E-state index is 0.676. The smallest absolute Gasteiger partial charge is 0.160 e. The molecular weight excluding hydrogens is 266 g/mol. The van der Waals surface area contributed by atoms with Crippen molar-refractivity contribution in [2.45, 2.75) is 31.7 Å². The number of aromatic amines is 1. The molecule has 0 spiro atoms. The van der Waals surface area contributed by atoms with E-state index in [0.717, 1.165) is 16.9 Å². The molecule has 0 amide bonds. The van der Waals surface area contributed by atoms with Crippen LogP contribution in [0.25, 0.3) is 11.0 Å². The average molecular weight is 283 g/mol. The van der Waals surface area contributed by atoms with Crippen molar-refractivity contribution in [1.82, 2.24) is 29.9 Å². The number of hydrogen-bond donors (Lipinski definition) is 2. The van der Waals surface area contributed by atoms with E-state index in [-0.39, 0.29) is 0 Å². The van der Waals surface area contributed by atoms with Crippen molar-refractivity contribution in [3.63, 3.8) is 0 Å². The van der Waals surface area contributed by atoms with Crippen LogP contribution in [-0.2, 0) is 13.6 Å². The molecule has 0 aliphatic heterocycles. The molecule has 1 aliphatic carbocycles. The highest BCUT2D eigenvalue weighted by atomic mass is 15.3. The van der Waals surface area contributed by atoms with E-state index in [2.05, 4.69) is 30.6 Å². The number of rotatable bonds is 4. The molecule has 1 aliphatic rings. The molecule has 0 atom stereocenters. The maximum absolute atomic E-state index is 4.41. The fourth-order valence-electron chi connectivity index (χ4n) is 2.83. The maximum Gasteiger partial charge on any atom is 0.160 e. The van der Waals surface area contributed by atoms with Crippen LogP contribution >= 0.6 is 0 Å². The summed E-state index contributed by atoms with van der Waals surface area (Å²) in [5, 5.41) is 15.6. The molecule has 0 unspecified atom stereocenters. The van der Waals surface area contributed by atoms with E-state index in [4.69, 9.17) is 0 Å². The van der Waals surface area contributed by atoms with Gasteiger partial charge in [-0.3, -0.25) is 9.78 Å². The molecule has 21 heavy (non-hydrogen) atoms. The maximum atomic E-state index is 4.41. The van der Waals surface area contributed by atoms with Crippen LogP contribution in [0.3, 0.4) is 0 Å². The van der Waals surface area contributed by atoms with Crippen molar-refractivity contribution in [2.75, 3.05) is 5.32 Å². The molecule has 7 nitrogen and oxygen atoms in total. The zero-order valence-corrected chi connectivity index (χ0v) is 11.9. The summed E-state index contributed by atoms with van der Waals surface area (Å²) in [6.07, 6.45) is 9.17. The van der Waals surface area contributed by atoms with Crippen molar-refractivity contribution < 1.29 is 0 Å². The highest BCUT2D eigenvalue weighted by Crippen LogP contribution is 2.38. The molecule has 3 aromatic rings. The van der Waals surface area contributed by atoms with Gasteiger partial charge in [0.05, 0.1) is 30.0 Å². The molecule has 0 radical (unpaired) electrons. The summed E-state index contributed by atoms with van der Waals surface area (Å²) in [5.41, 5.74) is 3.35. The first-order chi connectivity index (χ1) is 10.3. The summed E-state index contributed by atoms with van der Waals surface area (Å²) in [7, 11) is 1.99. The van der Waals surface area contributed by atoms with Gasteiger partial charge in [0.25, 0.3) is 0 Å². The number of aryl methyl sites for hydroxylation is 1. The van der Waals surface area contributed by atoms with E-state index < -0.39 is 0 Å². The van der Waals surface area contributed by atoms with Crippen LogP contribution in [0.2, 0.25) is 0 Å². The van der Waals surface area contributed by atoms with Gasteiger partial charge in [0.2, 0.25) is 0 Å². The molecule has 4 rings (SSSR count). The Balaban J connectivity index is 1.59. The third-order valence-electron chi connectivity index (χ3n) is 4.31.